The third kappa shape index (κ3) is 6.26. The van der Waals surface area contributed by atoms with Gasteiger partial charge in [-0.05, 0) is 128 Å². The highest BCUT2D eigenvalue weighted by Gasteiger charge is 2.41. The lowest BCUT2D eigenvalue weighted by molar-refractivity contribution is 0.714. The summed E-state index contributed by atoms with van der Waals surface area (Å²) in [5.41, 5.74) is 20.1. The van der Waals surface area contributed by atoms with Crippen molar-refractivity contribution in [3.8, 4) is 50.2 Å². The summed E-state index contributed by atoms with van der Waals surface area (Å²) in [6.07, 6.45) is 0. The van der Waals surface area contributed by atoms with Crippen molar-refractivity contribution in [2.45, 2.75) is 12.3 Å². The maximum Gasteiger partial charge on any atom is 0.0547 e. The summed E-state index contributed by atoms with van der Waals surface area (Å²) >= 11 is 0. The number of hydrogen-bond donors (Lipinski definition) is 0. The van der Waals surface area contributed by atoms with Gasteiger partial charge in [0.25, 0.3) is 0 Å². The van der Waals surface area contributed by atoms with Gasteiger partial charge in [0.15, 0.2) is 0 Å². The van der Waals surface area contributed by atoms with Crippen molar-refractivity contribution in [1.82, 2.24) is 4.57 Å². The second-order valence-electron chi connectivity index (χ2n) is 18.2. The molecule has 0 fully saturated rings. The maximum absolute atomic E-state index is 2.48. The normalized spacial score (nSPS) is 14.0. The van der Waals surface area contributed by atoms with Crippen LogP contribution in [0.5, 0.6) is 0 Å². The molecule has 12 aromatic rings. The van der Waals surface area contributed by atoms with Gasteiger partial charge in [-0.1, -0.05) is 206 Å². The van der Waals surface area contributed by atoms with Gasteiger partial charge < -0.3 is 9.47 Å². The Morgan fingerprint density at radius 1 is 0.353 bits per heavy atom. The van der Waals surface area contributed by atoms with Crippen molar-refractivity contribution in [3.05, 3.63) is 278 Å². The number of aromatic nitrogens is 1. The molecule has 1 aliphatic rings. The molecule has 68 heavy (non-hydrogen) atoms. The Labute approximate surface area is 397 Å². The summed E-state index contributed by atoms with van der Waals surface area (Å²) < 4.78 is 2.40. The minimum absolute atomic E-state index is 0.348. The third-order valence-corrected chi connectivity index (χ3v) is 14.5. The van der Waals surface area contributed by atoms with Crippen molar-refractivity contribution in [2.24, 2.45) is 0 Å². The van der Waals surface area contributed by atoms with Gasteiger partial charge in [-0.3, -0.25) is 0 Å². The predicted octanol–water partition coefficient (Wildman–Crippen LogP) is 17.7. The molecule has 2 heteroatoms. The van der Waals surface area contributed by atoms with Crippen molar-refractivity contribution in [3.63, 3.8) is 0 Å². The maximum atomic E-state index is 2.48. The zero-order valence-electron chi connectivity index (χ0n) is 37.7. The highest BCUT2D eigenvalue weighted by atomic mass is 15.1. The van der Waals surface area contributed by atoms with E-state index in [0.717, 1.165) is 28.3 Å². The van der Waals surface area contributed by atoms with Crippen molar-refractivity contribution in [1.29, 1.82) is 0 Å². The Bertz CT molecular complexity index is 3840. The van der Waals surface area contributed by atoms with E-state index in [1.165, 1.54) is 88.2 Å². The molecule has 0 saturated heterocycles. The number of hydrogen-bond acceptors (Lipinski definition) is 1. The molecule has 1 unspecified atom stereocenters. The van der Waals surface area contributed by atoms with E-state index in [1.54, 1.807) is 0 Å². The molecule has 0 spiro atoms. The monoisotopic (exact) mass is 866 g/mol. The first kappa shape index (κ1) is 39.6. The van der Waals surface area contributed by atoms with E-state index in [1.807, 2.05) is 0 Å². The molecule has 0 aliphatic heterocycles. The van der Waals surface area contributed by atoms with Crippen molar-refractivity contribution < 1.29 is 0 Å². The molecule has 0 N–H and O–H groups in total. The summed E-state index contributed by atoms with van der Waals surface area (Å²) in [4.78, 5) is 2.48. The first-order valence-electron chi connectivity index (χ1n) is 23.6. The second kappa shape index (κ2) is 16.0. The zero-order valence-corrected chi connectivity index (χ0v) is 37.7. The van der Waals surface area contributed by atoms with Gasteiger partial charge in [0, 0.05) is 38.8 Å². The standard InChI is InChI=1S/C66H46N2/c1-66(49-23-7-3-8-24-49)60-32-14-11-27-54(60)55-42-40-52(44-61(55)66)67(62-33-15-13-29-57(62)59-31-18-22-47-21-17-30-53(65(47)59)46-19-5-2-6-20-46)51-38-35-45(36-39-51)48-37-41-58-56-28-12-16-34-63(56)68(64(58)43-48)50-25-9-4-10-26-50/h2-44H,1H3. The smallest absolute Gasteiger partial charge is 0.0547 e. The molecule has 320 valence electrons. The Hall–Kier alpha value is -8.72. The van der Waals surface area contributed by atoms with E-state index >= 15 is 0 Å². The van der Waals surface area contributed by atoms with Crippen LogP contribution >= 0.6 is 0 Å². The number of anilines is 3. The molecule has 0 bridgehead atoms. The fraction of sp³-hybridized carbons (Fsp3) is 0.0303. The molecule has 2 nitrogen and oxygen atoms in total. The Balaban J connectivity index is 1.01. The van der Waals surface area contributed by atoms with Crippen LogP contribution in [0, 0.1) is 0 Å². The van der Waals surface area contributed by atoms with Gasteiger partial charge in [0.05, 0.1) is 16.7 Å². The minimum atomic E-state index is -0.348. The van der Waals surface area contributed by atoms with Crippen molar-refractivity contribution >= 4 is 49.6 Å². The third-order valence-electron chi connectivity index (χ3n) is 14.5. The van der Waals surface area contributed by atoms with Crippen LogP contribution in [0.3, 0.4) is 0 Å². The van der Waals surface area contributed by atoms with Gasteiger partial charge in [0.2, 0.25) is 0 Å². The average molecular weight is 867 g/mol. The van der Waals surface area contributed by atoms with Crippen LogP contribution in [-0.2, 0) is 5.41 Å². The summed E-state index contributed by atoms with van der Waals surface area (Å²) in [7, 11) is 0. The van der Waals surface area contributed by atoms with E-state index in [4.69, 9.17) is 0 Å². The lowest BCUT2D eigenvalue weighted by Gasteiger charge is -2.32. The SMILES string of the molecule is CC1(c2ccccc2)c2ccccc2-c2ccc(N(c3ccc(-c4ccc5c6ccccc6n(-c6ccccc6)c5c4)cc3)c3ccccc3-c3cccc4cccc(-c5ccccc5)c34)cc21. The van der Waals surface area contributed by atoms with Crippen LogP contribution < -0.4 is 4.90 Å². The summed E-state index contributed by atoms with van der Waals surface area (Å²) in [6.45, 7) is 2.40. The average Bonchev–Trinajstić information content (AvgIpc) is 3.88. The lowest BCUT2D eigenvalue weighted by Crippen LogP contribution is -2.22. The fourth-order valence-corrected chi connectivity index (χ4v) is 11.3. The van der Waals surface area contributed by atoms with E-state index in [9.17, 15) is 0 Å². The molecule has 1 aromatic heterocycles. The summed E-state index contributed by atoms with van der Waals surface area (Å²) in [5.74, 6) is 0. The molecule has 1 atom stereocenters. The summed E-state index contributed by atoms with van der Waals surface area (Å²) in [5, 5.41) is 4.96. The molecule has 0 radical (unpaired) electrons. The number of benzene rings is 11. The topological polar surface area (TPSA) is 8.17 Å². The van der Waals surface area contributed by atoms with Gasteiger partial charge in [-0.25, -0.2) is 0 Å². The number of rotatable bonds is 8. The van der Waals surface area contributed by atoms with Crippen LogP contribution in [0.2, 0.25) is 0 Å². The Morgan fingerprint density at radius 2 is 0.941 bits per heavy atom. The quantitative estimate of drug-likeness (QED) is 0.148. The highest BCUT2D eigenvalue weighted by molar-refractivity contribution is 6.11. The van der Waals surface area contributed by atoms with Crippen LogP contribution in [-0.4, -0.2) is 4.57 Å². The zero-order chi connectivity index (χ0) is 45.2. The van der Waals surface area contributed by atoms with Gasteiger partial charge >= 0.3 is 0 Å². The Morgan fingerprint density at radius 3 is 1.74 bits per heavy atom. The van der Waals surface area contributed by atoms with Crippen LogP contribution in [0.25, 0.3) is 82.8 Å². The van der Waals surface area contributed by atoms with E-state index < -0.39 is 0 Å². The molecule has 1 heterocycles. The number of para-hydroxylation sites is 3. The van der Waals surface area contributed by atoms with Crippen LogP contribution in [0.1, 0.15) is 23.6 Å². The molecular formula is C66H46N2. The van der Waals surface area contributed by atoms with Crippen LogP contribution in [0.4, 0.5) is 17.1 Å². The molecular weight excluding hydrogens is 821 g/mol. The van der Waals surface area contributed by atoms with E-state index in [0.29, 0.717) is 0 Å². The van der Waals surface area contributed by atoms with E-state index in [-0.39, 0.29) is 5.41 Å². The molecule has 0 saturated carbocycles. The Kier molecular flexibility index (Phi) is 9.33. The van der Waals surface area contributed by atoms with Crippen molar-refractivity contribution in [2.75, 3.05) is 4.90 Å². The van der Waals surface area contributed by atoms with Gasteiger partial charge in [0.1, 0.15) is 0 Å². The number of nitrogens with zero attached hydrogens (tertiary/aromatic N) is 2. The number of fused-ring (bicyclic) bond motifs is 7. The minimum Gasteiger partial charge on any atom is -0.310 e. The van der Waals surface area contributed by atoms with Crippen LogP contribution in [0.15, 0.2) is 261 Å². The fourth-order valence-electron chi connectivity index (χ4n) is 11.3. The molecule has 13 rings (SSSR count). The largest absolute Gasteiger partial charge is 0.310 e. The lowest BCUT2D eigenvalue weighted by atomic mass is 9.74. The highest BCUT2D eigenvalue weighted by Crippen LogP contribution is 2.54. The predicted molar refractivity (Wildman–Crippen MR) is 287 cm³/mol. The van der Waals surface area contributed by atoms with E-state index in [2.05, 4.69) is 277 Å². The van der Waals surface area contributed by atoms with Gasteiger partial charge in [-0.15, -0.1) is 0 Å². The molecule has 1 aliphatic carbocycles. The van der Waals surface area contributed by atoms with Gasteiger partial charge in [-0.2, -0.15) is 0 Å². The first-order chi connectivity index (χ1) is 33.6. The first-order valence-corrected chi connectivity index (χ1v) is 23.6. The molecule has 11 aromatic carbocycles. The second-order valence-corrected chi connectivity index (χ2v) is 18.2. The summed E-state index contributed by atoms with van der Waals surface area (Å²) in [6, 6.07) is 95.9. The molecule has 0 amide bonds.